The average molecular weight is 396 g/mol. The van der Waals surface area contributed by atoms with Crippen molar-refractivity contribution in [2.24, 2.45) is 0 Å². The zero-order chi connectivity index (χ0) is 18.8. The van der Waals surface area contributed by atoms with E-state index in [2.05, 4.69) is 22.4 Å². The van der Waals surface area contributed by atoms with E-state index in [1.54, 1.807) is 31.2 Å². The van der Waals surface area contributed by atoms with Crippen molar-refractivity contribution in [2.45, 2.75) is 31.0 Å². The number of anilines is 1. The van der Waals surface area contributed by atoms with Crippen LogP contribution in [0.5, 0.6) is 5.75 Å². The normalized spacial score (nSPS) is 10.4. The molecule has 2 rings (SSSR count). The third-order valence-electron chi connectivity index (χ3n) is 3.13. The minimum atomic E-state index is -0.306. The van der Waals surface area contributed by atoms with Gasteiger partial charge in [0, 0.05) is 5.56 Å². The second kappa shape index (κ2) is 10.8. The van der Waals surface area contributed by atoms with Crippen LogP contribution < -0.4 is 10.1 Å². The Morgan fingerprint density at radius 3 is 2.65 bits per heavy atom. The number of hydrogen-bond acceptors (Lipinski definition) is 8. The SMILES string of the molecule is CCCCOc1ccc(C(=O)Nc2nnc(SCC(=O)OCC)s2)cc1. The van der Waals surface area contributed by atoms with Gasteiger partial charge in [0.15, 0.2) is 4.34 Å². The molecule has 0 aliphatic carbocycles. The molecule has 1 amide bonds. The molecule has 1 N–H and O–H groups in total. The van der Waals surface area contributed by atoms with Crippen LogP contribution in [0, 0.1) is 0 Å². The van der Waals surface area contributed by atoms with Crippen molar-refractivity contribution < 1.29 is 19.1 Å². The van der Waals surface area contributed by atoms with E-state index in [0.29, 0.717) is 28.2 Å². The van der Waals surface area contributed by atoms with E-state index in [1.165, 1.54) is 23.1 Å². The number of carbonyl (C=O) groups excluding carboxylic acids is 2. The van der Waals surface area contributed by atoms with Crippen LogP contribution >= 0.6 is 23.1 Å². The maximum absolute atomic E-state index is 12.3. The van der Waals surface area contributed by atoms with E-state index in [0.717, 1.165) is 18.6 Å². The second-order valence-corrected chi connectivity index (χ2v) is 7.35. The van der Waals surface area contributed by atoms with Gasteiger partial charge in [0.25, 0.3) is 5.91 Å². The van der Waals surface area contributed by atoms with Gasteiger partial charge in [-0.05, 0) is 37.6 Å². The number of unbranched alkanes of at least 4 members (excludes halogenated alkanes) is 1. The van der Waals surface area contributed by atoms with Crippen LogP contribution in [0.4, 0.5) is 5.13 Å². The van der Waals surface area contributed by atoms with Gasteiger partial charge < -0.3 is 9.47 Å². The quantitative estimate of drug-likeness (QED) is 0.284. The molecule has 0 unspecified atom stereocenters. The van der Waals surface area contributed by atoms with E-state index in [9.17, 15) is 9.59 Å². The highest BCUT2D eigenvalue weighted by Crippen LogP contribution is 2.26. The lowest BCUT2D eigenvalue weighted by Gasteiger charge is -2.06. The molecular weight excluding hydrogens is 374 g/mol. The highest BCUT2D eigenvalue weighted by Gasteiger charge is 2.12. The molecule has 0 aliphatic rings. The lowest BCUT2D eigenvalue weighted by Crippen LogP contribution is -2.11. The Balaban J connectivity index is 1.84. The summed E-state index contributed by atoms with van der Waals surface area (Å²) in [5, 5.41) is 10.9. The molecule has 0 aliphatic heterocycles. The Hall–Kier alpha value is -2.13. The van der Waals surface area contributed by atoms with Gasteiger partial charge in [0.2, 0.25) is 5.13 Å². The molecule has 0 bridgehead atoms. The van der Waals surface area contributed by atoms with E-state index in [4.69, 9.17) is 9.47 Å². The number of benzene rings is 1. The number of ether oxygens (including phenoxy) is 2. The van der Waals surface area contributed by atoms with Crippen LogP contribution in [-0.2, 0) is 9.53 Å². The van der Waals surface area contributed by atoms with E-state index < -0.39 is 0 Å². The van der Waals surface area contributed by atoms with Gasteiger partial charge in [-0.3, -0.25) is 14.9 Å². The van der Waals surface area contributed by atoms with E-state index in [1.807, 2.05) is 0 Å². The van der Waals surface area contributed by atoms with Gasteiger partial charge in [0.1, 0.15) is 5.75 Å². The van der Waals surface area contributed by atoms with Gasteiger partial charge in [-0.2, -0.15) is 0 Å². The highest BCUT2D eigenvalue weighted by atomic mass is 32.2. The molecule has 0 saturated carbocycles. The summed E-state index contributed by atoms with van der Waals surface area (Å²) in [5.41, 5.74) is 0.503. The van der Waals surface area contributed by atoms with Gasteiger partial charge in [-0.1, -0.05) is 36.4 Å². The highest BCUT2D eigenvalue weighted by molar-refractivity contribution is 8.01. The molecular formula is C17H21N3O4S2. The van der Waals surface area contributed by atoms with Crippen molar-refractivity contribution >= 4 is 40.1 Å². The predicted octanol–water partition coefficient (Wildman–Crippen LogP) is 3.62. The largest absolute Gasteiger partial charge is 0.494 e. The third-order valence-corrected chi connectivity index (χ3v) is 5.07. The molecule has 0 atom stereocenters. The van der Waals surface area contributed by atoms with Crippen LogP contribution in [-0.4, -0.2) is 41.0 Å². The average Bonchev–Trinajstić information content (AvgIpc) is 3.08. The third kappa shape index (κ3) is 6.64. The Bertz CT molecular complexity index is 719. The summed E-state index contributed by atoms with van der Waals surface area (Å²) in [6.45, 7) is 4.87. The number of hydrogen-bond donors (Lipinski definition) is 1. The fourth-order valence-corrected chi connectivity index (χ4v) is 3.39. The number of nitrogens with zero attached hydrogens (tertiary/aromatic N) is 2. The molecule has 0 spiro atoms. The van der Waals surface area contributed by atoms with Crippen LogP contribution in [0.3, 0.4) is 0 Å². The second-order valence-electron chi connectivity index (χ2n) is 5.15. The molecule has 0 saturated heterocycles. The van der Waals surface area contributed by atoms with E-state index >= 15 is 0 Å². The zero-order valence-corrected chi connectivity index (χ0v) is 16.3. The number of amides is 1. The molecule has 9 heteroatoms. The summed E-state index contributed by atoms with van der Waals surface area (Å²) in [4.78, 5) is 23.6. The summed E-state index contributed by atoms with van der Waals surface area (Å²) < 4.78 is 11.0. The minimum Gasteiger partial charge on any atom is -0.494 e. The Morgan fingerprint density at radius 1 is 1.19 bits per heavy atom. The summed E-state index contributed by atoms with van der Waals surface area (Å²) in [5.74, 6) is 0.321. The Morgan fingerprint density at radius 2 is 1.96 bits per heavy atom. The lowest BCUT2D eigenvalue weighted by atomic mass is 10.2. The van der Waals surface area contributed by atoms with Crippen molar-refractivity contribution in [3.8, 4) is 5.75 Å². The lowest BCUT2D eigenvalue weighted by molar-refractivity contribution is -0.139. The van der Waals surface area contributed by atoms with E-state index in [-0.39, 0.29) is 17.6 Å². The molecule has 7 nitrogen and oxygen atoms in total. The van der Waals surface area contributed by atoms with Crippen molar-refractivity contribution in [3.63, 3.8) is 0 Å². The number of thioether (sulfide) groups is 1. The summed E-state index contributed by atoms with van der Waals surface area (Å²) in [7, 11) is 0. The first-order valence-electron chi connectivity index (χ1n) is 8.28. The van der Waals surface area contributed by atoms with Crippen LogP contribution in [0.2, 0.25) is 0 Å². The Kier molecular flexibility index (Phi) is 8.36. The maximum atomic E-state index is 12.3. The van der Waals surface area contributed by atoms with Crippen molar-refractivity contribution in [1.29, 1.82) is 0 Å². The summed E-state index contributed by atoms with van der Waals surface area (Å²) in [6.07, 6.45) is 2.07. The van der Waals surface area contributed by atoms with Crippen molar-refractivity contribution in [2.75, 3.05) is 24.3 Å². The number of carbonyl (C=O) groups is 2. The minimum absolute atomic E-state index is 0.163. The summed E-state index contributed by atoms with van der Waals surface area (Å²) >= 11 is 2.44. The monoisotopic (exact) mass is 395 g/mol. The molecule has 26 heavy (non-hydrogen) atoms. The first kappa shape index (κ1) is 20.2. The number of esters is 1. The number of nitrogens with one attached hydrogen (secondary N) is 1. The first-order valence-corrected chi connectivity index (χ1v) is 10.1. The fraction of sp³-hybridized carbons (Fsp3) is 0.412. The molecule has 0 radical (unpaired) electrons. The fourth-order valence-electron chi connectivity index (χ4n) is 1.85. The smallest absolute Gasteiger partial charge is 0.316 e. The number of rotatable bonds is 10. The van der Waals surface area contributed by atoms with Gasteiger partial charge in [-0.25, -0.2) is 0 Å². The van der Waals surface area contributed by atoms with Gasteiger partial charge in [-0.15, -0.1) is 10.2 Å². The van der Waals surface area contributed by atoms with Gasteiger partial charge >= 0.3 is 5.97 Å². The van der Waals surface area contributed by atoms with Crippen molar-refractivity contribution in [1.82, 2.24) is 10.2 Å². The predicted molar refractivity (Wildman–Crippen MR) is 102 cm³/mol. The van der Waals surface area contributed by atoms with Gasteiger partial charge in [0.05, 0.1) is 19.0 Å². The van der Waals surface area contributed by atoms with Crippen LogP contribution in [0.1, 0.15) is 37.0 Å². The first-order chi connectivity index (χ1) is 12.6. The molecule has 1 aromatic heterocycles. The molecule has 1 aromatic carbocycles. The Labute approximate surface area is 160 Å². The zero-order valence-electron chi connectivity index (χ0n) is 14.7. The molecule has 0 fully saturated rings. The standard InChI is InChI=1S/C17H21N3O4S2/c1-3-5-10-24-13-8-6-12(7-9-13)15(22)18-16-19-20-17(26-16)25-11-14(21)23-4-2/h6-9H,3-5,10-11H2,1-2H3,(H,18,19,22). The molecule has 140 valence electrons. The van der Waals surface area contributed by atoms with Crippen LogP contribution in [0.25, 0.3) is 0 Å². The summed E-state index contributed by atoms with van der Waals surface area (Å²) in [6, 6.07) is 6.94. The molecule has 1 heterocycles. The number of aromatic nitrogens is 2. The van der Waals surface area contributed by atoms with Crippen molar-refractivity contribution in [3.05, 3.63) is 29.8 Å². The van der Waals surface area contributed by atoms with Crippen LogP contribution in [0.15, 0.2) is 28.6 Å². The maximum Gasteiger partial charge on any atom is 0.316 e. The topological polar surface area (TPSA) is 90.4 Å². The molecule has 2 aromatic rings.